The van der Waals surface area contributed by atoms with Gasteiger partial charge >= 0.3 is 0 Å². The zero-order valence-corrected chi connectivity index (χ0v) is 18.4. The van der Waals surface area contributed by atoms with Crippen LogP contribution >= 0.6 is 0 Å². The van der Waals surface area contributed by atoms with E-state index >= 15 is 0 Å². The second kappa shape index (κ2) is 9.51. The SMILES string of the molecule is COc1cc(-c2ccc(N)cc2F)c(OC)c(O)c1-c1ccc(OCC=C(C)C)c(O)c1. The van der Waals surface area contributed by atoms with Crippen LogP contribution in [0.15, 0.2) is 54.1 Å². The molecule has 0 unspecified atom stereocenters. The minimum atomic E-state index is -0.562. The van der Waals surface area contributed by atoms with Crippen molar-refractivity contribution in [2.75, 3.05) is 26.6 Å². The maximum atomic E-state index is 14.6. The zero-order valence-electron chi connectivity index (χ0n) is 18.4. The Morgan fingerprint density at radius 1 is 0.969 bits per heavy atom. The molecule has 0 aliphatic heterocycles. The summed E-state index contributed by atoms with van der Waals surface area (Å²) in [6.45, 7) is 4.23. The van der Waals surface area contributed by atoms with Crippen LogP contribution in [0.5, 0.6) is 28.7 Å². The summed E-state index contributed by atoms with van der Waals surface area (Å²) in [7, 11) is 2.81. The number of halogens is 1. The summed E-state index contributed by atoms with van der Waals surface area (Å²) in [6.07, 6.45) is 1.89. The molecule has 3 aromatic carbocycles. The zero-order chi connectivity index (χ0) is 23.4. The Bertz CT molecular complexity index is 1170. The van der Waals surface area contributed by atoms with Crippen LogP contribution in [0.25, 0.3) is 22.3 Å². The molecule has 0 fully saturated rings. The van der Waals surface area contributed by atoms with Crippen molar-refractivity contribution in [2.24, 2.45) is 0 Å². The van der Waals surface area contributed by atoms with Gasteiger partial charge in [0.15, 0.2) is 23.0 Å². The van der Waals surface area contributed by atoms with Gasteiger partial charge in [0.25, 0.3) is 0 Å². The predicted molar refractivity (Wildman–Crippen MR) is 123 cm³/mol. The lowest BCUT2D eigenvalue weighted by molar-refractivity contribution is 0.335. The number of nitrogen functional groups attached to an aromatic ring is 1. The molecule has 0 amide bonds. The Morgan fingerprint density at radius 3 is 2.31 bits per heavy atom. The summed E-state index contributed by atoms with van der Waals surface area (Å²) >= 11 is 0. The summed E-state index contributed by atoms with van der Waals surface area (Å²) in [5, 5.41) is 21.5. The highest BCUT2D eigenvalue weighted by Crippen LogP contribution is 2.50. The second-order valence-corrected chi connectivity index (χ2v) is 7.40. The fourth-order valence-electron chi connectivity index (χ4n) is 3.32. The molecule has 0 heterocycles. The summed E-state index contributed by atoms with van der Waals surface area (Å²) in [4.78, 5) is 0. The molecule has 0 saturated heterocycles. The van der Waals surface area contributed by atoms with E-state index in [0.29, 0.717) is 23.5 Å². The van der Waals surface area contributed by atoms with Crippen LogP contribution in [0.2, 0.25) is 0 Å². The number of allylic oxidation sites excluding steroid dienone is 1. The molecule has 32 heavy (non-hydrogen) atoms. The van der Waals surface area contributed by atoms with Crippen LogP contribution in [0.1, 0.15) is 13.8 Å². The van der Waals surface area contributed by atoms with Crippen molar-refractivity contribution in [3.05, 3.63) is 59.9 Å². The van der Waals surface area contributed by atoms with E-state index in [0.717, 1.165) is 5.57 Å². The van der Waals surface area contributed by atoms with Crippen molar-refractivity contribution in [1.82, 2.24) is 0 Å². The van der Waals surface area contributed by atoms with Gasteiger partial charge in [0.05, 0.1) is 19.8 Å². The topological polar surface area (TPSA) is 94.2 Å². The first-order valence-corrected chi connectivity index (χ1v) is 9.89. The number of phenolic OH excluding ortho intramolecular Hbond substituents is 2. The third kappa shape index (κ3) is 4.56. The van der Waals surface area contributed by atoms with Gasteiger partial charge in [-0.3, -0.25) is 0 Å². The van der Waals surface area contributed by atoms with Gasteiger partial charge in [0.2, 0.25) is 0 Å². The van der Waals surface area contributed by atoms with Crippen LogP contribution in [0, 0.1) is 5.82 Å². The number of phenols is 2. The molecule has 0 aliphatic carbocycles. The average molecular weight is 439 g/mol. The quantitative estimate of drug-likeness (QED) is 0.332. The van der Waals surface area contributed by atoms with E-state index in [1.54, 1.807) is 24.3 Å². The maximum Gasteiger partial charge on any atom is 0.170 e. The lowest BCUT2D eigenvalue weighted by Gasteiger charge is -2.19. The van der Waals surface area contributed by atoms with Crippen molar-refractivity contribution < 1.29 is 28.8 Å². The highest BCUT2D eigenvalue weighted by atomic mass is 19.1. The number of rotatable bonds is 7. The third-order valence-electron chi connectivity index (χ3n) is 4.90. The summed E-state index contributed by atoms with van der Waals surface area (Å²) < 4.78 is 31.1. The Balaban J connectivity index is 2.11. The predicted octanol–water partition coefficient (Wildman–Crippen LogP) is 5.52. The fraction of sp³-hybridized carbons (Fsp3) is 0.200. The molecule has 168 valence electrons. The number of benzene rings is 3. The maximum absolute atomic E-state index is 14.6. The summed E-state index contributed by atoms with van der Waals surface area (Å²) in [6, 6.07) is 10.6. The van der Waals surface area contributed by atoms with E-state index in [9.17, 15) is 14.6 Å². The van der Waals surface area contributed by atoms with Crippen LogP contribution < -0.4 is 19.9 Å². The first kappa shape index (κ1) is 22.8. The van der Waals surface area contributed by atoms with Gasteiger partial charge in [0, 0.05) is 16.8 Å². The largest absolute Gasteiger partial charge is 0.504 e. The van der Waals surface area contributed by atoms with Crippen LogP contribution in [0.3, 0.4) is 0 Å². The minimum Gasteiger partial charge on any atom is -0.504 e. The summed E-state index contributed by atoms with van der Waals surface area (Å²) in [5.74, 6) is -0.278. The van der Waals surface area contributed by atoms with E-state index < -0.39 is 5.82 Å². The van der Waals surface area contributed by atoms with Gasteiger partial charge in [-0.2, -0.15) is 0 Å². The molecule has 0 aromatic heterocycles. The first-order valence-electron chi connectivity index (χ1n) is 9.89. The molecule has 6 nitrogen and oxygen atoms in total. The average Bonchev–Trinajstić information content (AvgIpc) is 2.74. The van der Waals surface area contributed by atoms with Crippen molar-refractivity contribution >= 4 is 5.69 Å². The normalized spacial score (nSPS) is 10.5. The standard InChI is InChI=1S/C25H26FNO5/c1-14(2)9-10-32-21-8-5-15(11-20(21)28)23-22(30-3)13-18(25(31-4)24(23)29)17-7-6-16(27)12-19(17)26/h5-9,11-13,28-29H,10,27H2,1-4H3. The minimum absolute atomic E-state index is 0.0628. The molecular formula is C25H26FNO5. The van der Waals surface area contributed by atoms with E-state index in [2.05, 4.69) is 0 Å². The van der Waals surface area contributed by atoms with Gasteiger partial charge < -0.3 is 30.2 Å². The molecule has 0 atom stereocenters. The molecule has 0 aliphatic rings. The molecule has 3 rings (SSSR count). The Labute approximate surface area is 186 Å². The fourth-order valence-corrected chi connectivity index (χ4v) is 3.32. The molecule has 0 spiro atoms. The number of aromatic hydroxyl groups is 2. The number of nitrogens with two attached hydrogens (primary N) is 1. The van der Waals surface area contributed by atoms with E-state index in [-0.39, 0.29) is 39.8 Å². The lowest BCUT2D eigenvalue weighted by atomic mass is 9.96. The van der Waals surface area contributed by atoms with Crippen LogP contribution in [-0.4, -0.2) is 31.0 Å². The second-order valence-electron chi connectivity index (χ2n) is 7.40. The monoisotopic (exact) mass is 439 g/mol. The van der Waals surface area contributed by atoms with E-state index in [4.69, 9.17) is 19.9 Å². The van der Waals surface area contributed by atoms with Crippen molar-refractivity contribution in [3.8, 4) is 51.0 Å². The molecule has 0 radical (unpaired) electrons. The number of ether oxygens (including phenoxy) is 3. The lowest BCUT2D eigenvalue weighted by Crippen LogP contribution is -1.98. The number of hydrogen-bond donors (Lipinski definition) is 3. The molecular weight excluding hydrogens is 413 g/mol. The number of anilines is 1. The summed E-state index contributed by atoms with van der Waals surface area (Å²) in [5.41, 5.74) is 8.28. The van der Waals surface area contributed by atoms with Crippen molar-refractivity contribution in [3.63, 3.8) is 0 Å². The smallest absolute Gasteiger partial charge is 0.170 e. The molecule has 0 saturated carbocycles. The first-order chi connectivity index (χ1) is 15.3. The highest BCUT2D eigenvalue weighted by Gasteiger charge is 2.23. The van der Waals surface area contributed by atoms with Crippen LogP contribution in [0.4, 0.5) is 10.1 Å². The van der Waals surface area contributed by atoms with Crippen molar-refractivity contribution in [2.45, 2.75) is 13.8 Å². The molecule has 3 aromatic rings. The van der Waals surface area contributed by atoms with Gasteiger partial charge in [-0.25, -0.2) is 4.39 Å². The molecule has 0 bridgehead atoms. The van der Waals surface area contributed by atoms with Gasteiger partial charge in [-0.15, -0.1) is 0 Å². The van der Waals surface area contributed by atoms with Crippen molar-refractivity contribution in [1.29, 1.82) is 0 Å². The highest BCUT2D eigenvalue weighted by molar-refractivity contribution is 5.88. The number of hydrogen-bond acceptors (Lipinski definition) is 6. The Hall–Kier alpha value is -3.87. The van der Waals surface area contributed by atoms with Gasteiger partial charge in [-0.1, -0.05) is 11.6 Å². The Kier molecular flexibility index (Phi) is 6.78. The molecule has 7 heteroatoms. The van der Waals surface area contributed by atoms with Gasteiger partial charge in [-0.05, 0) is 61.9 Å². The number of methoxy groups -OCH3 is 2. The van der Waals surface area contributed by atoms with E-state index in [1.165, 1.54) is 32.4 Å². The molecule has 4 N–H and O–H groups in total. The van der Waals surface area contributed by atoms with Gasteiger partial charge in [0.1, 0.15) is 18.2 Å². The van der Waals surface area contributed by atoms with Crippen LogP contribution in [-0.2, 0) is 0 Å². The third-order valence-corrected chi connectivity index (χ3v) is 4.90. The Morgan fingerprint density at radius 2 is 1.72 bits per heavy atom. The van der Waals surface area contributed by atoms with E-state index in [1.807, 2.05) is 19.9 Å².